The van der Waals surface area contributed by atoms with Crippen LogP contribution in [0.25, 0.3) is 0 Å². The highest BCUT2D eigenvalue weighted by Crippen LogP contribution is 2.22. The van der Waals surface area contributed by atoms with E-state index >= 15 is 0 Å². The van der Waals surface area contributed by atoms with E-state index in [1.807, 2.05) is 0 Å². The van der Waals surface area contributed by atoms with Gasteiger partial charge in [-0.2, -0.15) is 5.26 Å². The fraction of sp³-hybridized carbons (Fsp3) is 0.385. The standard InChI is InChI=1S/C13H16N4O4/c1-9(13(18)15-5-6-21-2)16-11-4-3-10(8-14)12(7-11)17(19)20/h3-4,7,9,16H,5-6H2,1-2H3,(H,15,18). The number of carbonyl (C=O) groups is 1. The lowest BCUT2D eigenvalue weighted by molar-refractivity contribution is -0.385. The number of benzene rings is 1. The molecule has 0 bridgehead atoms. The van der Waals surface area contributed by atoms with Gasteiger partial charge in [0.25, 0.3) is 5.69 Å². The zero-order chi connectivity index (χ0) is 15.8. The molecule has 0 saturated carbocycles. The van der Waals surface area contributed by atoms with Gasteiger partial charge in [0.15, 0.2) is 0 Å². The Kier molecular flexibility index (Phi) is 6.10. The van der Waals surface area contributed by atoms with Gasteiger partial charge in [0, 0.05) is 25.4 Å². The van der Waals surface area contributed by atoms with E-state index in [0.717, 1.165) is 0 Å². The van der Waals surface area contributed by atoms with Gasteiger partial charge in [0.2, 0.25) is 5.91 Å². The van der Waals surface area contributed by atoms with Crippen molar-refractivity contribution < 1.29 is 14.5 Å². The zero-order valence-electron chi connectivity index (χ0n) is 11.8. The Bertz CT molecular complexity index is 568. The normalized spacial score (nSPS) is 11.3. The molecule has 1 aromatic rings. The molecule has 0 heterocycles. The molecule has 0 aliphatic heterocycles. The summed E-state index contributed by atoms with van der Waals surface area (Å²) in [5, 5.41) is 25.2. The quantitative estimate of drug-likeness (QED) is 0.440. The number of carbonyl (C=O) groups excluding carboxylic acids is 1. The molecule has 0 aliphatic carbocycles. The number of nitrogens with one attached hydrogen (secondary N) is 2. The van der Waals surface area contributed by atoms with E-state index in [2.05, 4.69) is 10.6 Å². The first-order chi connectivity index (χ1) is 9.99. The smallest absolute Gasteiger partial charge is 0.289 e. The predicted octanol–water partition coefficient (Wildman–Crippen LogP) is 1.03. The fourth-order valence-electron chi connectivity index (χ4n) is 1.61. The molecule has 0 saturated heterocycles. The minimum atomic E-state index is -0.632. The lowest BCUT2D eigenvalue weighted by Crippen LogP contribution is -2.39. The molecule has 1 unspecified atom stereocenters. The van der Waals surface area contributed by atoms with Crippen molar-refractivity contribution in [2.45, 2.75) is 13.0 Å². The Hall–Kier alpha value is -2.66. The number of methoxy groups -OCH3 is 1. The van der Waals surface area contributed by atoms with E-state index in [1.165, 1.54) is 25.3 Å². The van der Waals surface area contributed by atoms with Crippen molar-refractivity contribution in [2.75, 3.05) is 25.6 Å². The highest BCUT2D eigenvalue weighted by atomic mass is 16.6. The van der Waals surface area contributed by atoms with Gasteiger partial charge in [-0.1, -0.05) is 0 Å². The molecule has 2 N–H and O–H groups in total. The second kappa shape index (κ2) is 7.81. The molecule has 1 atom stereocenters. The van der Waals surface area contributed by atoms with E-state index in [-0.39, 0.29) is 17.2 Å². The summed E-state index contributed by atoms with van der Waals surface area (Å²) in [4.78, 5) is 22.0. The van der Waals surface area contributed by atoms with E-state index in [0.29, 0.717) is 18.8 Å². The first-order valence-electron chi connectivity index (χ1n) is 6.21. The SMILES string of the molecule is COCCNC(=O)C(C)Nc1ccc(C#N)c([N+](=O)[O-])c1. The van der Waals surface area contributed by atoms with Gasteiger partial charge in [0.1, 0.15) is 17.7 Å². The number of ether oxygens (including phenoxy) is 1. The molecule has 0 spiro atoms. The van der Waals surface area contributed by atoms with Gasteiger partial charge in [-0.05, 0) is 19.1 Å². The third-order valence-corrected chi connectivity index (χ3v) is 2.70. The molecule has 0 fully saturated rings. The molecule has 8 nitrogen and oxygen atoms in total. The third kappa shape index (κ3) is 4.74. The average Bonchev–Trinajstić information content (AvgIpc) is 2.47. The highest BCUT2D eigenvalue weighted by Gasteiger charge is 2.17. The molecule has 112 valence electrons. The van der Waals surface area contributed by atoms with Crippen LogP contribution in [0.15, 0.2) is 18.2 Å². The van der Waals surface area contributed by atoms with Gasteiger partial charge in [-0.25, -0.2) is 0 Å². The Morgan fingerprint density at radius 3 is 2.86 bits per heavy atom. The molecule has 0 radical (unpaired) electrons. The molecule has 0 aromatic heterocycles. The van der Waals surface area contributed by atoms with Crippen molar-refractivity contribution in [3.63, 3.8) is 0 Å². The Morgan fingerprint density at radius 2 is 2.29 bits per heavy atom. The van der Waals surface area contributed by atoms with Crippen LogP contribution in [0.4, 0.5) is 11.4 Å². The molecule has 0 aliphatic rings. The number of amides is 1. The predicted molar refractivity (Wildman–Crippen MR) is 75.8 cm³/mol. The van der Waals surface area contributed by atoms with Crippen molar-refractivity contribution in [1.29, 1.82) is 5.26 Å². The van der Waals surface area contributed by atoms with E-state index in [1.54, 1.807) is 13.0 Å². The molecule has 1 amide bonds. The van der Waals surface area contributed by atoms with Gasteiger partial charge >= 0.3 is 0 Å². The van der Waals surface area contributed by atoms with Crippen molar-refractivity contribution in [1.82, 2.24) is 5.32 Å². The summed E-state index contributed by atoms with van der Waals surface area (Å²) in [7, 11) is 1.53. The number of nitriles is 1. The van der Waals surface area contributed by atoms with Crippen LogP contribution in [0.5, 0.6) is 0 Å². The van der Waals surface area contributed by atoms with Crippen molar-refractivity contribution >= 4 is 17.3 Å². The number of nitro groups is 1. The van der Waals surface area contributed by atoms with Gasteiger partial charge in [-0.3, -0.25) is 14.9 Å². The lowest BCUT2D eigenvalue weighted by atomic mass is 10.1. The summed E-state index contributed by atoms with van der Waals surface area (Å²) < 4.78 is 4.82. The van der Waals surface area contributed by atoms with Crippen molar-refractivity contribution in [3.8, 4) is 6.07 Å². The number of rotatable bonds is 7. The molecular weight excluding hydrogens is 276 g/mol. The summed E-state index contributed by atoms with van der Waals surface area (Å²) >= 11 is 0. The van der Waals surface area contributed by atoms with Gasteiger partial charge in [0.05, 0.1) is 11.5 Å². The zero-order valence-corrected chi connectivity index (χ0v) is 11.8. The second-order valence-electron chi connectivity index (χ2n) is 4.25. The largest absolute Gasteiger partial charge is 0.383 e. The van der Waals surface area contributed by atoms with E-state index in [9.17, 15) is 14.9 Å². The monoisotopic (exact) mass is 292 g/mol. The average molecular weight is 292 g/mol. The number of anilines is 1. The van der Waals surface area contributed by atoms with Crippen LogP contribution in [0.2, 0.25) is 0 Å². The van der Waals surface area contributed by atoms with Crippen LogP contribution >= 0.6 is 0 Å². The molecular formula is C13H16N4O4. The minimum Gasteiger partial charge on any atom is -0.383 e. The van der Waals surface area contributed by atoms with Crippen LogP contribution < -0.4 is 10.6 Å². The number of nitrogens with zero attached hydrogens (tertiary/aromatic N) is 2. The topological polar surface area (TPSA) is 117 Å². The molecule has 21 heavy (non-hydrogen) atoms. The van der Waals surface area contributed by atoms with E-state index < -0.39 is 11.0 Å². The first kappa shape index (κ1) is 16.4. The summed E-state index contributed by atoms with van der Waals surface area (Å²) in [5.74, 6) is -0.251. The minimum absolute atomic E-state index is 0.0252. The Balaban J connectivity index is 2.75. The van der Waals surface area contributed by atoms with Crippen LogP contribution in [0.3, 0.4) is 0 Å². The van der Waals surface area contributed by atoms with Crippen LogP contribution in [0.1, 0.15) is 12.5 Å². The summed E-state index contributed by atoms with van der Waals surface area (Å²) in [6.07, 6.45) is 0. The summed E-state index contributed by atoms with van der Waals surface area (Å²) in [6, 6.07) is 5.27. The highest BCUT2D eigenvalue weighted by molar-refractivity contribution is 5.84. The van der Waals surface area contributed by atoms with Crippen molar-refractivity contribution in [2.24, 2.45) is 0 Å². The van der Waals surface area contributed by atoms with E-state index in [4.69, 9.17) is 10.00 Å². The Morgan fingerprint density at radius 1 is 1.57 bits per heavy atom. The maximum absolute atomic E-state index is 11.7. The fourth-order valence-corrected chi connectivity index (χ4v) is 1.61. The maximum Gasteiger partial charge on any atom is 0.289 e. The number of hydrogen-bond acceptors (Lipinski definition) is 6. The first-order valence-corrected chi connectivity index (χ1v) is 6.21. The lowest BCUT2D eigenvalue weighted by Gasteiger charge is -2.15. The third-order valence-electron chi connectivity index (χ3n) is 2.70. The van der Waals surface area contributed by atoms with Crippen LogP contribution in [-0.4, -0.2) is 37.1 Å². The van der Waals surface area contributed by atoms with Gasteiger partial charge in [-0.15, -0.1) is 0 Å². The Labute approximate surface area is 121 Å². The van der Waals surface area contributed by atoms with Gasteiger partial charge < -0.3 is 15.4 Å². The van der Waals surface area contributed by atoms with Crippen LogP contribution in [-0.2, 0) is 9.53 Å². The van der Waals surface area contributed by atoms with Crippen LogP contribution in [0, 0.1) is 21.4 Å². The second-order valence-corrected chi connectivity index (χ2v) is 4.25. The summed E-state index contributed by atoms with van der Waals surface area (Å²) in [6.45, 7) is 2.42. The van der Waals surface area contributed by atoms with Crippen molar-refractivity contribution in [3.05, 3.63) is 33.9 Å². The number of nitro benzene ring substituents is 1. The molecule has 1 aromatic carbocycles. The summed E-state index contributed by atoms with van der Waals surface area (Å²) in [5.41, 5.74) is 0.0762. The maximum atomic E-state index is 11.7. The number of hydrogen-bond donors (Lipinski definition) is 2. The molecule has 1 rings (SSSR count). The molecule has 8 heteroatoms.